The number of aromatic amines is 2. The standard InChI is InChI=1S/C14H10ClN5O4S/c15-8-1-3-9(4-2-8)25(23,24)12-5-6-16-10(12)7-11(21)13(22)14-17-19-20-18-14/h1-6,16H,7H2,(H,17,18,19,20). The minimum Gasteiger partial charge on any atom is -0.364 e. The van der Waals surface area contributed by atoms with Crippen molar-refractivity contribution in [3.63, 3.8) is 0 Å². The molecule has 0 fully saturated rings. The van der Waals surface area contributed by atoms with E-state index in [1.807, 2.05) is 0 Å². The second kappa shape index (κ2) is 6.57. The van der Waals surface area contributed by atoms with Gasteiger partial charge in [-0.2, -0.15) is 5.21 Å². The molecule has 0 radical (unpaired) electrons. The Morgan fingerprint density at radius 1 is 1.12 bits per heavy atom. The van der Waals surface area contributed by atoms with Crippen LogP contribution < -0.4 is 0 Å². The molecule has 0 spiro atoms. The molecule has 0 saturated heterocycles. The maximum Gasteiger partial charge on any atom is 0.269 e. The summed E-state index contributed by atoms with van der Waals surface area (Å²) in [6, 6.07) is 6.95. The lowest BCUT2D eigenvalue weighted by Crippen LogP contribution is -2.19. The highest BCUT2D eigenvalue weighted by Crippen LogP contribution is 2.25. The number of nitrogens with zero attached hydrogens (tertiary/aromatic N) is 3. The van der Waals surface area contributed by atoms with Crippen molar-refractivity contribution < 1.29 is 18.0 Å². The highest BCUT2D eigenvalue weighted by atomic mass is 35.5. The van der Waals surface area contributed by atoms with Gasteiger partial charge >= 0.3 is 0 Å². The van der Waals surface area contributed by atoms with E-state index >= 15 is 0 Å². The Bertz CT molecular complexity index is 1030. The normalized spacial score (nSPS) is 11.4. The van der Waals surface area contributed by atoms with Crippen LogP contribution >= 0.6 is 11.6 Å². The van der Waals surface area contributed by atoms with Crippen LogP contribution in [0.5, 0.6) is 0 Å². The number of aromatic nitrogens is 5. The highest BCUT2D eigenvalue weighted by Gasteiger charge is 2.27. The van der Waals surface area contributed by atoms with Crippen molar-refractivity contribution in [1.29, 1.82) is 0 Å². The molecule has 0 amide bonds. The number of rotatable bonds is 6. The smallest absolute Gasteiger partial charge is 0.269 e. The molecule has 2 aromatic heterocycles. The Balaban J connectivity index is 1.89. The van der Waals surface area contributed by atoms with Gasteiger partial charge in [0.05, 0.1) is 16.2 Å². The molecule has 0 aliphatic carbocycles. The minimum absolute atomic E-state index is 0.0229. The summed E-state index contributed by atoms with van der Waals surface area (Å²) in [5.41, 5.74) is 0.0943. The van der Waals surface area contributed by atoms with Crippen LogP contribution in [0.25, 0.3) is 0 Å². The predicted molar refractivity (Wildman–Crippen MR) is 84.9 cm³/mol. The topological polar surface area (TPSA) is 139 Å². The van der Waals surface area contributed by atoms with Gasteiger partial charge in [-0.3, -0.25) is 9.59 Å². The van der Waals surface area contributed by atoms with Gasteiger partial charge in [0.25, 0.3) is 5.78 Å². The summed E-state index contributed by atoms with van der Waals surface area (Å²) < 4.78 is 25.4. The summed E-state index contributed by atoms with van der Waals surface area (Å²) in [4.78, 5) is 26.6. The molecule has 11 heteroatoms. The molecule has 3 rings (SSSR count). The van der Waals surface area contributed by atoms with Crippen molar-refractivity contribution in [2.45, 2.75) is 16.2 Å². The van der Waals surface area contributed by atoms with Crippen molar-refractivity contribution in [2.24, 2.45) is 0 Å². The summed E-state index contributed by atoms with van der Waals surface area (Å²) >= 11 is 5.77. The lowest BCUT2D eigenvalue weighted by Gasteiger charge is -2.06. The first-order chi connectivity index (χ1) is 11.9. The first-order valence-electron chi connectivity index (χ1n) is 6.87. The fourth-order valence-electron chi connectivity index (χ4n) is 2.14. The number of halogens is 1. The zero-order chi connectivity index (χ0) is 18.0. The predicted octanol–water partition coefficient (Wildman–Crippen LogP) is 1.01. The first-order valence-corrected chi connectivity index (χ1v) is 8.73. The third-order valence-corrected chi connectivity index (χ3v) is 5.45. The van der Waals surface area contributed by atoms with E-state index in [0.29, 0.717) is 5.02 Å². The van der Waals surface area contributed by atoms with Gasteiger partial charge in [-0.25, -0.2) is 8.42 Å². The maximum atomic E-state index is 12.7. The Morgan fingerprint density at radius 3 is 2.48 bits per heavy atom. The van der Waals surface area contributed by atoms with Gasteiger partial charge in [-0.05, 0) is 35.5 Å². The van der Waals surface area contributed by atoms with Crippen molar-refractivity contribution in [3.8, 4) is 0 Å². The SMILES string of the molecule is O=C(Cc1[nH]ccc1S(=O)(=O)c1ccc(Cl)cc1)C(=O)c1nn[nH]n1. The molecule has 0 aliphatic rings. The van der Waals surface area contributed by atoms with Crippen LogP contribution in [0.15, 0.2) is 46.3 Å². The number of ketones is 2. The minimum atomic E-state index is -3.87. The number of tetrazole rings is 1. The number of H-pyrrole nitrogens is 2. The second-order valence-corrected chi connectivity index (χ2v) is 7.30. The first kappa shape index (κ1) is 17.0. The monoisotopic (exact) mass is 379 g/mol. The summed E-state index contributed by atoms with van der Waals surface area (Å²) in [5.74, 6) is -2.20. The van der Waals surface area contributed by atoms with Crippen LogP contribution in [0.3, 0.4) is 0 Å². The molecule has 9 nitrogen and oxygen atoms in total. The van der Waals surface area contributed by atoms with Gasteiger partial charge < -0.3 is 4.98 Å². The zero-order valence-corrected chi connectivity index (χ0v) is 14.0. The van der Waals surface area contributed by atoms with E-state index in [9.17, 15) is 18.0 Å². The van der Waals surface area contributed by atoms with Gasteiger partial charge in [0.15, 0.2) is 0 Å². The Morgan fingerprint density at radius 2 is 1.84 bits per heavy atom. The second-order valence-electron chi connectivity index (χ2n) is 4.94. The number of sulfone groups is 1. The van der Waals surface area contributed by atoms with E-state index < -0.39 is 27.8 Å². The Hall–Kier alpha value is -2.85. The molecular formula is C14H10ClN5O4S. The van der Waals surface area contributed by atoms with Crippen molar-refractivity contribution in [1.82, 2.24) is 25.6 Å². The molecular weight excluding hydrogens is 370 g/mol. The summed E-state index contributed by atoms with van der Waals surface area (Å²) in [7, 11) is -3.87. The van der Waals surface area contributed by atoms with Crippen LogP contribution in [-0.2, 0) is 21.1 Å². The van der Waals surface area contributed by atoms with E-state index in [0.717, 1.165) is 0 Å². The van der Waals surface area contributed by atoms with E-state index in [1.54, 1.807) is 0 Å². The molecule has 0 saturated carbocycles. The van der Waals surface area contributed by atoms with Crippen LogP contribution in [0.2, 0.25) is 5.02 Å². The van der Waals surface area contributed by atoms with E-state index in [1.165, 1.54) is 36.5 Å². The number of Topliss-reactive ketones (excluding diaryl/α,β-unsaturated/α-hetero) is 2. The quantitative estimate of drug-likeness (QED) is 0.481. The van der Waals surface area contributed by atoms with Crippen molar-refractivity contribution in [2.75, 3.05) is 0 Å². The van der Waals surface area contributed by atoms with E-state index in [2.05, 4.69) is 25.6 Å². The lowest BCUT2D eigenvalue weighted by molar-refractivity contribution is -0.114. The van der Waals surface area contributed by atoms with Crippen molar-refractivity contribution >= 4 is 33.0 Å². The van der Waals surface area contributed by atoms with Crippen molar-refractivity contribution in [3.05, 3.63) is 53.1 Å². The molecule has 0 aliphatic heterocycles. The number of hydrogen-bond acceptors (Lipinski definition) is 7. The van der Waals surface area contributed by atoms with Crippen LogP contribution in [-0.4, -0.2) is 45.6 Å². The Labute approximate surface area is 146 Å². The van der Waals surface area contributed by atoms with Gasteiger partial charge in [0.2, 0.25) is 21.4 Å². The zero-order valence-electron chi connectivity index (χ0n) is 12.4. The van der Waals surface area contributed by atoms with Gasteiger partial charge in [-0.1, -0.05) is 11.6 Å². The highest BCUT2D eigenvalue weighted by molar-refractivity contribution is 7.91. The number of carbonyl (C=O) groups is 2. The molecule has 2 N–H and O–H groups in total. The van der Waals surface area contributed by atoms with E-state index in [4.69, 9.17) is 11.6 Å². The number of benzene rings is 1. The van der Waals surface area contributed by atoms with Gasteiger partial charge in [0, 0.05) is 16.9 Å². The fraction of sp³-hybridized carbons (Fsp3) is 0.0714. The van der Waals surface area contributed by atoms with Crippen LogP contribution in [0.1, 0.15) is 16.3 Å². The summed E-state index contributed by atoms with van der Waals surface area (Å²) in [6.45, 7) is 0. The molecule has 25 heavy (non-hydrogen) atoms. The fourth-order valence-corrected chi connectivity index (χ4v) is 3.72. The average molecular weight is 380 g/mol. The molecule has 3 aromatic rings. The van der Waals surface area contributed by atoms with E-state index in [-0.39, 0.29) is 21.3 Å². The summed E-state index contributed by atoms with van der Waals surface area (Å²) in [6.07, 6.45) is 0.937. The molecule has 0 atom stereocenters. The number of hydrogen-bond donors (Lipinski definition) is 2. The van der Waals surface area contributed by atoms with Crippen LogP contribution in [0.4, 0.5) is 0 Å². The molecule has 0 unspecified atom stereocenters. The third-order valence-electron chi connectivity index (χ3n) is 3.34. The van der Waals surface area contributed by atoms with Gasteiger partial charge in [-0.15, -0.1) is 10.2 Å². The molecule has 1 aromatic carbocycles. The average Bonchev–Trinajstić information content (AvgIpc) is 3.26. The lowest BCUT2D eigenvalue weighted by atomic mass is 10.1. The van der Waals surface area contributed by atoms with Gasteiger partial charge in [0.1, 0.15) is 0 Å². The maximum absolute atomic E-state index is 12.7. The molecule has 128 valence electrons. The summed E-state index contributed by atoms with van der Waals surface area (Å²) in [5, 5.41) is 12.5. The third kappa shape index (κ3) is 3.35. The largest absolute Gasteiger partial charge is 0.364 e. The van der Waals surface area contributed by atoms with Crippen LogP contribution in [0, 0.1) is 0 Å². The molecule has 2 heterocycles. The Kier molecular flexibility index (Phi) is 4.47. The number of carbonyl (C=O) groups excluding carboxylic acids is 2. The molecule has 0 bridgehead atoms. The number of nitrogens with one attached hydrogen (secondary N) is 2.